The third kappa shape index (κ3) is 3.55. The molecule has 1 N–H and O–H groups in total. The SMILES string of the molecule is CCN(CCNc1nc(C(F)(F)F)ns1)C1CC1. The van der Waals surface area contributed by atoms with Gasteiger partial charge in [-0.2, -0.15) is 22.5 Å². The Hall–Kier alpha value is -0.890. The second kappa shape index (κ2) is 5.40. The van der Waals surface area contributed by atoms with Crippen molar-refractivity contribution in [3.05, 3.63) is 5.82 Å². The number of hydrogen-bond donors (Lipinski definition) is 1. The molecule has 0 amide bonds. The van der Waals surface area contributed by atoms with E-state index >= 15 is 0 Å². The smallest absolute Gasteiger partial charge is 0.359 e. The van der Waals surface area contributed by atoms with Gasteiger partial charge in [0.05, 0.1) is 0 Å². The van der Waals surface area contributed by atoms with E-state index in [2.05, 4.69) is 26.5 Å². The molecule has 2 rings (SSSR count). The largest absolute Gasteiger partial charge is 0.452 e. The van der Waals surface area contributed by atoms with Crippen molar-refractivity contribution in [1.29, 1.82) is 0 Å². The van der Waals surface area contributed by atoms with Gasteiger partial charge in [-0.25, -0.2) is 0 Å². The van der Waals surface area contributed by atoms with Crippen LogP contribution in [0.2, 0.25) is 0 Å². The lowest BCUT2D eigenvalue weighted by molar-refractivity contribution is -0.144. The van der Waals surface area contributed by atoms with Gasteiger partial charge in [-0.3, -0.25) is 4.90 Å². The Balaban J connectivity index is 1.77. The van der Waals surface area contributed by atoms with Crippen LogP contribution < -0.4 is 5.32 Å². The molecule has 0 bridgehead atoms. The number of aromatic nitrogens is 2. The number of rotatable bonds is 6. The third-order valence-corrected chi connectivity index (χ3v) is 3.50. The number of nitrogens with one attached hydrogen (secondary N) is 1. The molecule has 0 radical (unpaired) electrons. The normalized spacial score (nSPS) is 16.3. The Morgan fingerprint density at radius 2 is 2.17 bits per heavy atom. The number of alkyl halides is 3. The first-order chi connectivity index (χ1) is 8.50. The lowest BCUT2D eigenvalue weighted by Crippen LogP contribution is -2.30. The molecule has 0 atom stereocenters. The maximum atomic E-state index is 12.3. The minimum atomic E-state index is -4.46. The van der Waals surface area contributed by atoms with Gasteiger partial charge in [-0.05, 0) is 19.4 Å². The Kier molecular flexibility index (Phi) is 4.06. The van der Waals surface area contributed by atoms with E-state index in [4.69, 9.17) is 0 Å². The molecule has 0 unspecified atom stereocenters. The molecule has 1 aromatic rings. The van der Waals surface area contributed by atoms with Gasteiger partial charge in [-0.1, -0.05) is 6.92 Å². The number of likely N-dealkylation sites (N-methyl/N-ethyl adjacent to an activating group) is 1. The molecule has 0 spiro atoms. The molecule has 1 fully saturated rings. The summed E-state index contributed by atoms with van der Waals surface area (Å²) < 4.78 is 40.1. The molecule has 1 aliphatic carbocycles. The number of hydrogen-bond acceptors (Lipinski definition) is 5. The van der Waals surface area contributed by atoms with Gasteiger partial charge in [0.25, 0.3) is 0 Å². The Morgan fingerprint density at radius 1 is 1.44 bits per heavy atom. The Bertz CT molecular complexity index is 389. The molecule has 0 aromatic carbocycles. The fourth-order valence-corrected chi connectivity index (χ4v) is 2.37. The van der Waals surface area contributed by atoms with Crippen molar-refractivity contribution in [1.82, 2.24) is 14.3 Å². The summed E-state index contributed by atoms with van der Waals surface area (Å²) in [5.74, 6) is -1.07. The maximum absolute atomic E-state index is 12.3. The number of halogens is 3. The quantitative estimate of drug-likeness (QED) is 0.869. The minimum absolute atomic E-state index is 0.231. The maximum Gasteiger partial charge on any atom is 0.452 e. The first kappa shape index (κ1) is 13.5. The van der Waals surface area contributed by atoms with Crippen molar-refractivity contribution in [3.8, 4) is 0 Å². The van der Waals surface area contributed by atoms with E-state index < -0.39 is 12.0 Å². The van der Waals surface area contributed by atoms with Gasteiger partial charge in [0.1, 0.15) is 0 Å². The van der Waals surface area contributed by atoms with Crippen LogP contribution in [0, 0.1) is 0 Å². The highest BCUT2D eigenvalue weighted by Crippen LogP contribution is 2.29. The minimum Gasteiger partial charge on any atom is -0.359 e. The van der Waals surface area contributed by atoms with Crippen LogP contribution in [-0.4, -0.2) is 39.9 Å². The van der Waals surface area contributed by atoms with Crippen LogP contribution in [0.15, 0.2) is 0 Å². The summed E-state index contributed by atoms with van der Waals surface area (Å²) in [6, 6.07) is 0.664. The van der Waals surface area contributed by atoms with Crippen molar-refractivity contribution in [2.45, 2.75) is 32.0 Å². The first-order valence-electron chi connectivity index (χ1n) is 5.89. The van der Waals surface area contributed by atoms with Crippen molar-refractivity contribution in [2.75, 3.05) is 25.0 Å². The molecule has 18 heavy (non-hydrogen) atoms. The highest BCUT2D eigenvalue weighted by molar-refractivity contribution is 7.09. The highest BCUT2D eigenvalue weighted by atomic mass is 32.1. The van der Waals surface area contributed by atoms with E-state index in [9.17, 15) is 13.2 Å². The summed E-state index contributed by atoms with van der Waals surface area (Å²) in [4.78, 5) is 5.74. The summed E-state index contributed by atoms with van der Waals surface area (Å²) in [7, 11) is 0. The van der Waals surface area contributed by atoms with Gasteiger partial charge < -0.3 is 5.32 Å². The molecular formula is C10H15F3N4S. The topological polar surface area (TPSA) is 41.0 Å². The summed E-state index contributed by atoms with van der Waals surface area (Å²) in [6.45, 7) is 4.47. The average molecular weight is 280 g/mol. The molecule has 102 valence electrons. The molecule has 8 heteroatoms. The van der Waals surface area contributed by atoms with Crippen molar-refractivity contribution >= 4 is 16.7 Å². The predicted octanol–water partition coefficient (Wildman–Crippen LogP) is 2.45. The molecule has 1 aliphatic rings. The van der Waals surface area contributed by atoms with Gasteiger partial charge in [0.15, 0.2) is 0 Å². The third-order valence-electron chi connectivity index (χ3n) is 2.82. The second-order valence-corrected chi connectivity index (χ2v) is 4.96. The molecular weight excluding hydrogens is 265 g/mol. The lowest BCUT2D eigenvalue weighted by Gasteiger charge is -2.19. The van der Waals surface area contributed by atoms with E-state index in [0.717, 1.165) is 24.6 Å². The van der Waals surface area contributed by atoms with Crippen molar-refractivity contribution in [3.63, 3.8) is 0 Å². The monoisotopic (exact) mass is 280 g/mol. The van der Waals surface area contributed by atoms with Gasteiger partial charge >= 0.3 is 6.18 Å². The molecule has 4 nitrogen and oxygen atoms in total. The number of nitrogens with zero attached hydrogens (tertiary/aromatic N) is 3. The summed E-state index contributed by atoms with van der Waals surface area (Å²) in [5.41, 5.74) is 0. The Morgan fingerprint density at radius 3 is 2.67 bits per heavy atom. The van der Waals surface area contributed by atoms with Gasteiger partial charge in [-0.15, -0.1) is 0 Å². The number of anilines is 1. The van der Waals surface area contributed by atoms with Gasteiger partial charge in [0, 0.05) is 30.7 Å². The fraction of sp³-hybridized carbons (Fsp3) is 0.800. The van der Waals surface area contributed by atoms with Crippen LogP contribution in [0.1, 0.15) is 25.6 Å². The molecule has 1 heterocycles. The van der Waals surface area contributed by atoms with Crippen LogP contribution in [-0.2, 0) is 6.18 Å². The van der Waals surface area contributed by atoms with Crippen LogP contribution in [0.5, 0.6) is 0 Å². The van der Waals surface area contributed by atoms with E-state index in [1.807, 2.05) is 0 Å². The average Bonchev–Trinajstić information content (AvgIpc) is 3.01. The predicted molar refractivity (Wildman–Crippen MR) is 63.7 cm³/mol. The first-order valence-corrected chi connectivity index (χ1v) is 6.67. The lowest BCUT2D eigenvalue weighted by atomic mass is 10.4. The van der Waals surface area contributed by atoms with E-state index in [0.29, 0.717) is 12.6 Å². The Labute approximate surface area is 107 Å². The zero-order valence-electron chi connectivity index (χ0n) is 10.00. The summed E-state index contributed by atoms with van der Waals surface area (Å²) in [5, 5.41) is 3.12. The summed E-state index contributed by atoms with van der Waals surface area (Å²) in [6.07, 6.45) is -2.00. The van der Waals surface area contributed by atoms with Gasteiger partial charge in [0.2, 0.25) is 11.0 Å². The van der Waals surface area contributed by atoms with Crippen LogP contribution in [0.25, 0.3) is 0 Å². The molecule has 1 aromatic heterocycles. The van der Waals surface area contributed by atoms with Crippen LogP contribution in [0.3, 0.4) is 0 Å². The molecule has 0 aliphatic heterocycles. The summed E-state index contributed by atoms with van der Waals surface area (Å²) >= 11 is 0.749. The van der Waals surface area contributed by atoms with Crippen molar-refractivity contribution < 1.29 is 13.2 Å². The van der Waals surface area contributed by atoms with Crippen LogP contribution in [0.4, 0.5) is 18.3 Å². The fourth-order valence-electron chi connectivity index (χ4n) is 1.76. The second-order valence-electron chi connectivity index (χ2n) is 4.21. The van der Waals surface area contributed by atoms with E-state index in [1.54, 1.807) is 0 Å². The van der Waals surface area contributed by atoms with E-state index in [-0.39, 0.29) is 5.13 Å². The zero-order chi connectivity index (χ0) is 13.2. The molecule has 0 saturated heterocycles. The van der Waals surface area contributed by atoms with E-state index in [1.165, 1.54) is 12.8 Å². The standard InChI is InChI=1S/C10H15F3N4S/c1-2-17(7-3-4-7)6-5-14-9-15-8(16-18-9)10(11,12)13/h7H,2-6H2,1H3,(H,14,15,16). The van der Waals surface area contributed by atoms with Crippen LogP contribution >= 0.6 is 11.5 Å². The zero-order valence-corrected chi connectivity index (χ0v) is 10.8. The van der Waals surface area contributed by atoms with Crippen molar-refractivity contribution in [2.24, 2.45) is 0 Å². The molecule has 1 saturated carbocycles. The highest BCUT2D eigenvalue weighted by Gasteiger charge is 2.36.